The fourth-order valence-corrected chi connectivity index (χ4v) is 3.96. The normalized spacial score (nSPS) is 15.5. The first kappa shape index (κ1) is 21.2. The van der Waals surface area contributed by atoms with E-state index in [1.165, 1.54) is 37.0 Å². The Bertz CT molecular complexity index is 658. The molecule has 0 aliphatic heterocycles. The second kappa shape index (κ2) is 10.9. The number of hydrogen-bond donors (Lipinski definition) is 2. The zero-order valence-electron chi connectivity index (χ0n) is 15.6. The molecule has 1 aliphatic rings. The molecule has 1 aliphatic carbocycles. The van der Waals surface area contributed by atoms with Gasteiger partial charge in [-0.05, 0) is 38.8 Å². The van der Waals surface area contributed by atoms with E-state index >= 15 is 0 Å². The molecule has 0 radical (unpaired) electrons. The summed E-state index contributed by atoms with van der Waals surface area (Å²) in [6.07, 6.45) is 9.01. The summed E-state index contributed by atoms with van der Waals surface area (Å²) in [6.45, 7) is 5.61. The van der Waals surface area contributed by atoms with E-state index in [9.17, 15) is 0 Å². The minimum absolute atomic E-state index is 0. The Hall–Kier alpha value is -1.09. The molecule has 0 bridgehead atoms. The number of guanidine groups is 1. The van der Waals surface area contributed by atoms with Gasteiger partial charge in [0.05, 0.1) is 18.5 Å². The second-order valence-electron chi connectivity index (χ2n) is 6.65. The van der Waals surface area contributed by atoms with Gasteiger partial charge in [0.15, 0.2) is 5.96 Å². The van der Waals surface area contributed by atoms with Crippen LogP contribution in [0.3, 0.4) is 0 Å². The highest BCUT2D eigenvalue weighted by atomic mass is 127. The van der Waals surface area contributed by atoms with Gasteiger partial charge in [-0.25, -0.2) is 9.98 Å². The molecule has 1 fully saturated rings. The highest BCUT2D eigenvalue weighted by Crippen LogP contribution is 2.18. The van der Waals surface area contributed by atoms with Crippen molar-refractivity contribution in [3.63, 3.8) is 0 Å². The summed E-state index contributed by atoms with van der Waals surface area (Å²) in [5.74, 6) is 1.89. The van der Waals surface area contributed by atoms with Gasteiger partial charge < -0.3 is 15.1 Å². The lowest BCUT2D eigenvalue weighted by molar-refractivity contribution is 0.409. The van der Waals surface area contributed by atoms with Crippen LogP contribution < -0.4 is 10.6 Å². The molecule has 5 nitrogen and oxygen atoms in total. The van der Waals surface area contributed by atoms with Crippen molar-refractivity contribution in [3.05, 3.63) is 39.7 Å². The van der Waals surface area contributed by atoms with E-state index in [2.05, 4.69) is 29.5 Å². The first-order valence-corrected chi connectivity index (χ1v) is 10.0. The van der Waals surface area contributed by atoms with Crippen LogP contribution in [0.4, 0.5) is 0 Å². The molecule has 3 rings (SSSR count). The zero-order chi connectivity index (χ0) is 17.5. The third kappa shape index (κ3) is 6.57. The third-order valence-corrected chi connectivity index (χ3v) is 5.69. The van der Waals surface area contributed by atoms with Crippen LogP contribution in [0.25, 0.3) is 0 Å². The summed E-state index contributed by atoms with van der Waals surface area (Å²) in [5, 5.41) is 8.14. The number of hydrogen-bond acceptors (Lipinski definition) is 4. The molecular weight excluding hydrogens is 459 g/mol. The van der Waals surface area contributed by atoms with E-state index in [0.717, 1.165) is 35.4 Å². The summed E-state index contributed by atoms with van der Waals surface area (Å²) in [6, 6.07) is 4.47. The molecule has 0 aromatic carbocycles. The second-order valence-corrected chi connectivity index (χ2v) is 7.94. The Labute approximate surface area is 177 Å². The van der Waals surface area contributed by atoms with Gasteiger partial charge in [-0.15, -0.1) is 35.3 Å². The van der Waals surface area contributed by atoms with Crippen molar-refractivity contribution < 1.29 is 4.42 Å². The Morgan fingerprint density at radius 2 is 2.12 bits per heavy atom. The summed E-state index contributed by atoms with van der Waals surface area (Å²) in [5.41, 5.74) is 1.11. The van der Waals surface area contributed by atoms with Crippen molar-refractivity contribution in [2.75, 3.05) is 6.54 Å². The molecule has 144 valence electrons. The van der Waals surface area contributed by atoms with Gasteiger partial charge in [-0.1, -0.05) is 19.3 Å². The van der Waals surface area contributed by atoms with E-state index in [0.29, 0.717) is 12.6 Å². The molecule has 2 aromatic heterocycles. The van der Waals surface area contributed by atoms with E-state index in [1.807, 2.05) is 12.1 Å². The minimum Gasteiger partial charge on any atom is -0.469 e. The Kier molecular flexibility index (Phi) is 8.90. The van der Waals surface area contributed by atoms with Crippen molar-refractivity contribution in [1.82, 2.24) is 15.6 Å². The molecule has 26 heavy (non-hydrogen) atoms. The highest BCUT2D eigenvalue weighted by Gasteiger charge is 2.15. The lowest BCUT2D eigenvalue weighted by atomic mass is 9.96. The van der Waals surface area contributed by atoms with Gasteiger partial charge in [-0.3, -0.25) is 0 Å². The van der Waals surface area contributed by atoms with E-state index in [1.54, 1.807) is 17.6 Å². The predicted molar refractivity (Wildman–Crippen MR) is 119 cm³/mol. The summed E-state index contributed by atoms with van der Waals surface area (Å²) < 4.78 is 5.40. The lowest BCUT2D eigenvalue weighted by Gasteiger charge is -2.25. The SMILES string of the molecule is Cc1nc(CN=C(NCCc2ccco2)NC2CCCCC2)sc1C.I. The van der Waals surface area contributed by atoms with Crippen LogP contribution in [-0.4, -0.2) is 23.5 Å². The van der Waals surface area contributed by atoms with Crippen LogP contribution in [0.5, 0.6) is 0 Å². The van der Waals surface area contributed by atoms with Crippen LogP contribution in [0.15, 0.2) is 27.8 Å². The average molecular weight is 488 g/mol. The van der Waals surface area contributed by atoms with Crippen LogP contribution in [-0.2, 0) is 13.0 Å². The quantitative estimate of drug-likeness (QED) is 0.355. The van der Waals surface area contributed by atoms with Crippen molar-refractivity contribution in [2.45, 2.75) is 65.0 Å². The monoisotopic (exact) mass is 488 g/mol. The van der Waals surface area contributed by atoms with Crippen LogP contribution in [0, 0.1) is 13.8 Å². The van der Waals surface area contributed by atoms with Crippen molar-refractivity contribution >= 4 is 41.3 Å². The maximum absolute atomic E-state index is 5.40. The maximum Gasteiger partial charge on any atom is 0.191 e. The number of thiazole rings is 1. The van der Waals surface area contributed by atoms with Gasteiger partial charge in [0.2, 0.25) is 0 Å². The number of nitrogens with one attached hydrogen (secondary N) is 2. The number of aromatic nitrogens is 1. The molecular formula is C19H29IN4OS. The molecule has 0 saturated heterocycles. The first-order valence-electron chi connectivity index (χ1n) is 9.21. The molecule has 2 heterocycles. The zero-order valence-corrected chi connectivity index (χ0v) is 18.7. The number of rotatable bonds is 6. The summed E-state index contributed by atoms with van der Waals surface area (Å²) in [7, 11) is 0. The van der Waals surface area contributed by atoms with Crippen LogP contribution in [0.2, 0.25) is 0 Å². The van der Waals surface area contributed by atoms with Crippen LogP contribution >= 0.6 is 35.3 Å². The van der Waals surface area contributed by atoms with Gasteiger partial charge in [-0.2, -0.15) is 0 Å². The lowest BCUT2D eigenvalue weighted by Crippen LogP contribution is -2.44. The Morgan fingerprint density at radius 3 is 2.77 bits per heavy atom. The van der Waals surface area contributed by atoms with Crippen molar-refractivity contribution in [2.24, 2.45) is 4.99 Å². The molecule has 0 atom stereocenters. The van der Waals surface area contributed by atoms with Gasteiger partial charge in [0.25, 0.3) is 0 Å². The summed E-state index contributed by atoms with van der Waals surface area (Å²) >= 11 is 1.74. The largest absolute Gasteiger partial charge is 0.469 e. The number of nitrogens with zero attached hydrogens (tertiary/aromatic N) is 2. The van der Waals surface area contributed by atoms with Gasteiger partial charge in [0, 0.05) is 23.9 Å². The molecule has 0 unspecified atom stereocenters. The first-order chi connectivity index (χ1) is 12.2. The van der Waals surface area contributed by atoms with E-state index < -0.39 is 0 Å². The minimum atomic E-state index is 0. The topological polar surface area (TPSA) is 62.5 Å². The Balaban J connectivity index is 0.00000243. The van der Waals surface area contributed by atoms with E-state index in [4.69, 9.17) is 9.41 Å². The van der Waals surface area contributed by atoms with E-state index in [-0.39, 0.29) is 24.0 Å². The molecule has 1 saturated carbocycles. The fourth-order valence-electron chi connectivity index (χ4n) is 3.11. The highest BCUT2D eigenvalue weighted by molar-refractivity contribution is 14.0. The molecule has 0 amide bonds. The smallest absolute Gasteiger partial charge is 0.191 e. The maximum atomic E-state index is 5.40. The molecule has 0 spiro atoms. The Morgan fingerprint density at radius 1 is 1.31 bits per heavy atom. The van der Waals surface area contributed by atoms with Gasteiger partial charge in [0.1, 0.15) is 10.8 Å². The average Bonchev–Trinajstić information content (AvgIpc) is 3.24. The number of halogens is 1. The van der Waals surface area contributed by atoms with Crippen LogP contribution in [0.1, 0.15) is 53.4 Å². The summed E-state index contributed by atoms with van der Waals surface area (Å²) in [4.78, 5) is 10.6. The van der Waals surface area contributed by atoms with Gasteiger partial charge >= 0.3 is 0 Å². The fraction of sp³-hybridized carbons (Fsp3) is 0.579. The number of aliphatic imine (C=N–C) groups is 1. The molecule has 2 N–H and O–H groups in total. The number of aryl methyl sites for hydroxylation is 2. The molecule has 2 aromatic rings. The predicted octanol–water partition coefficient (Wildman–Crippen LogP) is 4.58. The van der Waals surface area contributed by atoms with Crippen molar-refractivity contribution in [1.29, 1.82) is 0 Å². The molecule has 7 heteroatoms. The number of furan rings is 1. The standard InChI is InChI=1S/C19H28N4OS.HI/c1-14-15(2)25-18(22-14)13-21-19(23-16-7-4-3-5-8-16)20-11-10-17-9-6-12-24-17;/h6,9,12,16H,3-5,7-8,10-11,13H2,1-2H3,(H2,20,21,23);1H. The third-order valence-electron chi connectivity index (χ3n) is 4.64. The van der Waals surface area contributed by atoms with Crippen molar-refractivity contribution in [3.8, 4) is 0 Å².